The first kappa shape index (κ1) is 14.9. The summed E-state index contributed by atoms with van der Waals surface area (Å²) in [7, 11) is 2.09. The summed E-state index contributed by atoms with van der Waals surface area (Å²) in [4.78, 5) is 14.7. The number of rotatable bonds is 3. The number of aromatic nitrogens is 1. The fourth-order valence-electron chi connectivity index (χ4n) is 3.29. The van der Waals surface area contributed by atoms with Crippen molar-refractivity contribution in [1.82, 2.24) is 15.4 Å². The van der Waals surface area contributed by atoms with Crippen LogP contribution >= 0.6 is 0 Å². The minimum Gasteiger partial charge on any atom is -0.350 e. The van der Waals surface area contributed by atoms with Gasteiger partial charge in [-0.15, -0.1) is 0 Å². The number of hydrogen-bond acceptors (Lipinski definition) is 4. The molecule has 3 aromatic rings. The van der Waals surface area contributed by atoms with Crippen molar-refractivity contribution >= 4 is 16.8 Å². The average Bonchev–Trinajstić information content (AvgIpc) is 3.04. The maximum atomic E-state index is 12.5. The van der Waals surface area contributed by atoms with E-state index in [1.807, 2.05) is 24.3 Å². The molecule has 0 bridgehead atoms. The minimum atomic E-state index is -0.212. The van der Waals surface area contributed by atoms with E-state index in [0.29, 0.717) is 12.1 Å². The maximum absolute atomic E-state index is 12.5. The Labute approximate surface area is 140 Å². The summed E-state index contributed by atoms with van der Waals surface area (Å²) in [6, 6.07) is 16.2. The molecule has 1 aromatic heterocycles. The Bertz CT molecular complexity index is 887. The molecule has 0 aliphatic carbocycles. The molecule has 0 spiro atoms. The second-order valence-electron chi connectivity index (χ2n) is 6.28. The summed E-state index contributed by atoms with van der Waals surface area (Å²) >= 11 is 0. The summed E-state index contributed by atoms with van der Waals surface area (Å²) in [5.74, 6) is 0.0698. The molecule has 122 valence electrons. The average molecular weight is 321 g/mol. The molecule has 1 unspecified atom stereocenters. The van der Waals surface area contributed by atoms with Gasteiger partial charge in [-0.25, -0.2) is 0 Å². The lowest BCUT2D eigenvalue weighted by Gasteiger charge is -2.34. The Balaban J connectivity index is 1.46. The van der Waals surface area contributed by atoms with E-state index in [4.69, 9.17) is 4.52 Å². The van der Waals surface area contributed by atoms with Crippen LogP contribution < -0.4 is 5.32 Å². The molecule has 1 atom stereocenters. The second kappa shape index (κ2) is 6.09. The third kappa shape index (κ3) is 2.67. The lowest BCUT2D eigenvalue weighted by atomic mass is 9.94. The Morgan fingerprint density at radius 2 is 1.96 bits per heavy atom. The molecule has 0 saturated carbocycles. The highest BCUT2D eigenvalue weighted by Gasteiger charge is 2.24. The SMILES string of the molecule is CN1Cc2ccccc2CC1CNC(=O)c1onc2ccccc12. The summed E-state index contributed by atoms with van der Waals surface area (Å²) in [6.45, 7) is 1.49. The van der Waals surface area contributed by atoms with Crippen LogP contribution in [0.4, 0.5) is 0 Å². The van der Waals surface area contributed by atoms with Crippen LogP contribution in [0.15, 0.2) is 53.1 Å². The van der Waals surface area contributed by atoms with Crippen molar-refractivity contribution in [1.29, 1.82) is 0 Å². The number of amides is 1. The molecule has 5 nitrogen and oxygen atoms in total. The van der Waals surface area contributed by atoms with Crippen molar-refractivity contribution in [2.45, 2.75) is 19.0 Å². The van der Waals surface area contributed by atoms with Crippen molar-refractivity contribution < 1.29 is 9.32 Å². The van der Waals surface area contributed by atoms with Gasteiger partial charge in [-0.05, 0) is 36.7 Å². The van der Waals surface area contributed by atoms with E-state index in [1.54, 1.807) is 0 Å². The van der Waals surface area contributed by atoms with Crippen molar-refractivity contribution in [3.63, 3.8) is 0 Å². The Morgan fingerprint density at radius 3 is 2.83 bits per heavy atom. The predicted molar refractivity (Wildman–Crippen MR) is 91.7 cm³/mol. The monoisotopic (exact) mass is 321 g/mol. The van der Waals surface area contributed by atoms with E-state index in [0.717, 1.165) is 18.4 Å². The van der Waals surface area contributed by atoms with Gasteiger partial charge in [0.15, 0.2) is 0 Å². The third-order valence-corrected chi connectivity index (χ3v) is 4.71. The number of likely N-dealkylation sites (N-methyl/N-ethyl adjacent to an activating group) is 1. The van der Waals surface area contributed by atoms with Crippen LogP contribution in [0, 0.1) is 0 Å². The van der Waals surface area contributed by atoms with Gasteiger partial charge in [0.1, 0.15) is 5.52 Å². The molecule has 2 heterocycles. The van der Waals surface area contributed by atoms with E-state index in [2.05, 4.69) is 46.7 Å². The highest BCUT2D eigenvalue weighted by molar-refractivity contribution is 6.03. The van der Waals surface area contributed by atoms with E-state index in [9.17, 15) is 4.79 Å². The fourth-order valence-corrected chi connectivity index (χ4v) is 3.29. The third-order valence-electron chi connectivity index (χ3n) is 4.71. The highest BCUT2D eigenvalue weighted by Crippen LogP contribution is 2.22. The van der Waals surface area contributed by atoms with Crippen LogP contribution in [0.25, 0.3) is 10.9 Å². The van der Waals surface area contributed by atoms with Crippen LogP contribution in [0.3, 0.4) is 0 Å². The molecule has 1 amide bonds. The van der Waals surface area contributed by atoms with Crippen molar-refractivity contribution in [2.75, 3.05) is 13.6 Å². The van der Waals surface area contributed by atoms with E-state index >= 15 is 0 Å². The summed E-state index contributed by atoms with van der Waals surface area (Å²) in [5.41, 5.74) is 3.43. The zero-order valence-corrected chi connectivity index (χ0v) is 13.5. The molecule has 1 N–H and O–H groups in total. The van der Waals surface area contributed by atoms with Crippen LogP contribution in [0.5, 0.6) is 0 Å². The first-order valence-corrected chi connectivity index (χ1v) is 8.12. The quantitative estimate of drug-likeness (QED) is 0.805. The van der Waals surface area contributed by atoms with Crippen LogP contribution in [0.2, 0.25) is 0 Å². The van der Waals surface area contributed by atoms with Crippen LogP contribution in [0.1, 0.15) is 21.7 Å². The molecule has 24 heavy (non-hydrogen) atoms. The molecule has 0 fully saturated rings. The number of carbonyl (C=O) groups excluding carboxylic acids is 1. The molecule has 0 radical (unpaired) electrons. The normalized spacial score (nSPS) is 17.6. The number of nitrogens with one attached hydrogen (secondary N) is 1. The van der Waals surface area contributed by atoms with Gasteiger partial charge in [-0.2, -0.15) is 0 Å². The molecule has 4 rings (SSSR count). The first-order chi connectivity index (χ1) is 11.7. The summed E-state index contributed by atoms with van der Waals surface area (Å²) in [6.07, 6.45) is 0.935. The smallest absolute Gasteiger partial charge is 0.290 e. The van der Waals surface area contributed by atoms with Gasteiger partial charge < -0.3 is 9.84 Å². The van der Waals surface area contributed by atoms with E-state index in [-0.39, 0.29) is 17.7 Å². The molecular weight excluding hydrogens is 302 g/mol. The summed E-state index contributed by atoms with van der Waals surface area (Å²) < 4.78 is 5.22. The number of carbonyl (C=O) groups is 1. The Hall–Kier alpha value is -2.66. The lowest BCUT2D eigenvalue weighted by molar-refractivity contribution is 0.0900. The Kier molecular flexibility index (Phi) is 3.78. The molecule has 1 aliphatic heterocycles. The van der Waals surface area contributed by atoms with Crippen molar-refractivity contribution in [3.05, 3.63) is 65.4 Å². The summed E-state index contributed by atoms with van der Waals surface area (Å²) in [5, 5.41) is 7.67. The number of benzene rings is 2. The number of fused-ring (bicyclic) bond motifs is 2. The molecular formula is C19H19N3O2. The highest BCUT2D eigenvalue weighted by atomic mass is 16.5. The minimum absolute atomic E-state index is 0.212. The van der Waals surface area contributed by atoms with Crippen molar-refractivity contribution in [2.24, 2.45) is 0 Å². The molecule has 1 aliphatic rings. The number of nitrogens with zero attached hydrogens (tertiary/aromatic N) is 2. The lowest BCUT2D eigenvalue weighted by Crippen LogP contribution is -2.45. The Morgan fingerprint density at radius 1 is 1.21 bits per heavy atom. The second-order valence-corrected chi connectivity index (χ2v) is 6.28. The molecule has 0 saturated heterocycles. The van der Waals surface area contributed by atoms with Crippen molar-refractivity contribution in [3.8, 4) is 0 Å². The van der Waals surface area contributed by atoms with Gasteiger partial charge in [0, 0.05) is 19.1 Å². The zero-order valence-electron chi connectivity index (χ0n) is 13.5. The fraction of sp³-hybridized carbons (Fsp3) is 0.263. The van der Waals surface area contributed by atoms with Gasteiger partial charge in [-0.1, -0.05) is 41.6 Å². The van der Waals surface area contributed by atoms with Gasteiger partial charge >= 0.3 is 0 Å². The zero-order chi connectivity index (χ0) is 16.5. The van der Waals surface area contributed by atoms with Gasteiger partial charge in [-0.3, -0.25) is 9.69 Å². The van der Waals surface area contributed by atoms with Gasteiger partial charge in [0.25, 0.3) is 5.91 Å². The van der Waals surface area contributed by atoms with E-state index < -0.39 is 0 Å². The first-order valence-electron chi connectivity index (χ1n) is 8.12. The standard InChI is InChI=1S/C19H19N3O2/c1-22-12-14-7-3-2-6-13(14)10-15(22)11-20-19(23)18-16-8-4-5-9-17(16)21-24-18/h2-9,15H,10-12H2,1H3,(H,20,23). The molecule has 2 aromatic carbocycles. The largest absolute Gasteiger partial charge is 0.350 e. The predicted octanol–water partition coefficient (Wildman–Crippen LogP) is 2.61. The van der Waals surface area contributed by atoms with E-state index in [1.165, 1.54) is 11.1 Å². The van der Waals surface area contributed by atoms with Crippen LogP contribution in [-0.4, -0.2) is 35.6 Å². The molecule has 5 heteroatoms. The number of hydrogen-bond donors (Lipinski definition) is 1. The maximum Gasteiger partial charge on any atom is 0.290 e. The topological polar surface area (TPSA) is 58.4 Å². The van der Waals surface area contributed by atoms with Crippen LogP contribution in [-0.2, 0) is 13.0 Å². The van der Waals surface area contributed by atoms with Gasteiger partial charge in [0.2, 0.25) is 5.76 Å². The van der Waals surface area contributed by atoms with Gasteiger partial charge in [0.05, 0.1) is 5.39 Å².